The Balaban J connectivity index is 1.77. The van der Waals surface area contributed by atoms with Gasteiger partial charge in [-0.2, -0.15) is 0 Å². The highest BCUT2D eigenvalue weighted by molar-refractivity contribution is 6.62. The number of hydrogen-bond acceptors (Lipinski definition) is 2. The molecule has 176 valence electrons. The van der Waals surface area contributed by atoms with Gasteiger partial charge in [0.25, 0.3) is 0 Å². The van der Waals surface area contributed by atoms with Gasteiger partial charge in [-0.3, -0.25) is 0 Å². The lowest BCUT2D eigenvalue weighted by Gasteiger charge is -2.33. The summed E-state index contributed by atoms with van der Waals surface area (Å²) >= 11 is 0. The predicted octanol–water partition coefficient (Wildman–Crippen LogP) is 7.95. The lowest BCUT2D eigenvalue weighted by molar-refractivity contribution is 0.00578. The van der Waals surface area contributed by atoms with Crippen LogP contribution in [-0.2, 0) is 14.7 Å². The second kappa shape index (κ2) is 10.3. The Bertz CT molecular complexity index is 866. The van der Waals surface area contributed by atoms with Crippen LogP contribution in [0.2, 0.25) is 0 Å². The molecule has 0 aromatic heterocycles. The van der Waals surface area contributed by atoms with E-state index in [0.717, 1.165) is 5.46 Å². The molecule has 1 aliphatic heterocycles. The van der Waals surface area contributed by atoms with Gasteiger partial charge >= 0.3 is 7.12 Å². The SMILES string of the molecule is CCCCCCCCC(CC)(CC)c1ccc2cc(B3OC(C)(C)C(C)(C)O3)ccc2c1. The first-order chi connectivity index (χ1) is 15.2. The largest absolute Gasteiger partial charge is 0.494 e. The van der Waals surface area contributed by atoms with Crippen molar-refractivity contribution in [2.75, 3.05) is 0 Å². The molecule has 0 spiro atoms. The standard InChI is InChI=1S/C29H45BO2/c1-8-11-12-13-14-15-20-29(9-2,10-3)25-18-16-24-22-26(19-17-23(24)21-25)30-31-27(4,5)28(6,7)32-30/h16-19,21-22H,8-15,20H2,1-7H3. The maximum Gasteiger partial charge on any atom is 0.494 e. The molecule has 32 heavy (non-hydrogen) atoms. The quantitative estimate of drug-likeness (QED) is 0.263. The lowest BCUT2D eigenvalue weighted by atomic mass is 9.71. The summed E-state index contributed by atoms with van der Waals surface area (Å²) in [5.74, 6) is 0. The maximum absolute atomic E-state index is 6.27. The van der Waals surface area contributed by atoms with Crippen LogP contribution < -0.4 is 5.46 Å². The van der Waals surface area contributed by atoms with E-state index in [1.54, 1.807) is 0 Å². The first kappa shape index (κ1) is 25.3. The van der Waals surface area contributed by atoms with Crippen molar-refractivity contribution in [3.63, 3.8) is 0 Å². The summed E-state index contributed by atoms with van der Waals surface area (Å²) in [5.41, 5.74) is 2.28. The van der Waals surface area contributed by atoms with E-state index in [1.165, 1.54) is 74.1 Å². The molecule has 2 nitrogen and oxygen atoms in total. The average molecular weight is 436 g/mol. The topological polar surface area (TPSA) is 18.5 Å². The van der Waals surface area contributed by atoms with Crippen LogP contribution in [0.25, 0.3) is 10.8 Å². The van der Waals surface area contributed by atoms with Gasteiger partial charge in [-0.25, -0.2) is 0 Å². The molecule has 1 fully saturated rings. The fraction of sp³-hybridized carbons (Fsp3) is 0.655. The number of hydrogen-bond donors (Lipinski definition) is 0. The third-order valence-electron chi connectivity index (χ3n) is 8.36. The molecule has 3 heteroatoms. The fourth-order valence-electron chi connectivity index (χ4n) is 5.12. The van der Waals surface area contributed by atoms with Gasteiger partial charge in [0, 0.05) is 0 Å². The summed E-state index contributed by atoms with van der Waals surface area (Å²) in [6, 6.07) is 13.8. The van der Waals surface area contributed by atoms with Crippen molar-refractivity contribution < 1.29 is 9.31 Å². The van der Waals surface area contributed by atoms with Gasteiger partial charge in [-0.05, 0) is 74.2 Å². The Morgan fingerprint density at radius 3 is 1.91 bits per heavy atom. The zero-order chi connectivity index (χ0) is 23.4. The lowest BCUT2D eigenvalue weighted by Crippen LogP contribution is -2.41. The van der Waals surface area contributed by atoms with Crippen molar-refractivity contribution >= 4 is 23.4 Å². The van der Waals surface area contributed by atoms with Gasteiger partial charge in [0.05, 0.1) is 11.2 Å². The maximum atomic E-state index is 6.27. The second-order valence-corrected chi connectivity index (χ2v) is 10.9. The van der Waals surface area contributed by atoms with Crippen molar-refractivity contribution in [3.05, 3.63) is 42.0 Å². The normalized spacial score (nSPS) is 17.9. The number of unbranched alkanes of at least 4 members (excludes halogenated alkanes) is 5. The van der Waals surface area contributed by atoms with Crippen LogP contribution in [0, 0.1) is 0 Å². The highest BCUT2D eigenvalue weighted by Crippen LogP contribution is 2.39. The van der Waals surface area contributed by atoms with Crippen molar-refractivity contribution in [2.24, 2.45) is 0 Å². The summed E-state index contributed by atoms with van der Waals surface area (Å²) in [6.07, 6.45) is 11.9. The predicted molar refractivity (Wildman–Crippen MR) is 140 cm³/mol. The van der Waals surface area contributed by atoms with Crippen LogP contribution in [0.5, 0.6) is 0 Å². The number of benzene rings is 2. The Morgan fingerprint density at radius 1 is 0.719 bits per heavy atom. The molecule has 0 radical (unpaired) electrons. The molecule has 0 saturated carbocycles. The number of fused-ring (bicyclic) bond motifs is 1. The number of rotatable bonds is 11. The average Bonchev–Trinajstić information content (AvgIpc) is 3.00. The summed E-state index contributed by atoms with van der Waals surface area (Å²) in [7, 11) is -0.304. The van der Waals surface area contributed by atoms with E-state index in [-0.39, 0.29) is 18.3 Å². The monoisotopic (exact) mass is 436 g/mol. The molecule has 3 rings (SSSR count). The van der Waals surface area contributed by atoms with Crippen LogP contribution in [0.4, 0.5) is 0 Å². The van der Waals surface area contributed by atoms with E-state index in [4.69, 9.17) is 9.31 Å². The van der Waals surface area contributed by atoms with Gasteiger partial charge in [0.1, 0.15) is 0 Å². The second-order valence-electron chi connectivity index (χ2n) is 10.9. The minimum atomic E-state index is -0.311. The molecule has 1 saturated heterocycles. The molecule has 2 aromatic carbocycles. The van der Waals surface area contributed by atoms with Gasteiger partial charge < -0.3 is 9.31 Å². The van der Waals surface area contributed by atoms with E-state index in [1.807, 2.05) is 0 Å². The molecule has 0 unspecified atom stereocenters. The molecule has 0 N–H and O–H groups in total. The highest BCUT2D eigenvalue weighted by atomic mass is 16.7. The van der Waals surface area contributed by atoms with Gasteiger partial charge in [0.15, 0.2) is 0 Å². The molecule has 0 amide bonds. The third-order valence-corrected chi connectivity index (χ3v) is 8.36. The van der Waals surface area contributed by atoms with Crippen LogP contribution in [0.1, 0.15) is 112 Å². The summed E-state index contributed by atoms with van der Waals surface area (Å²) in [6.45, 7) is 15.5. The first-order valence-electron chi connectivity index (χ1n) is 13.1. The van der Waals surface area contributed by atoms with E-state index >= 15 is 0 Å². The molecule has 2 aromatic rings. The van der Waals surface area contributed by atoms with Crippen molar-refractivity contribution in [2.45, 2.75) is 123 Å². The molecular formula is C29H45BO2. The summed E-state index contributed by atoms with van der Waals surface area (Å²) < 4.78 is 12.5. The Labute approximate surface area is 197 Å². The zero-order valence-electron chi connectivity index (χ0n) is 21.7. The van der Waals surface area contributed by atoms with Crippen molar-refractivity contribution in [3.8, 4) is 0 Å². The molecule has 0 bridgehead atoms. The molecule has 0 atom stereocenters. The summed E-state index contributed by atoms with van der Waals surface area (Å²) in [5, 5.41) is 2.58. The van der Waals surface area contributed by atoms with Crippen LogP contribution in [0.15, 0.2) is 36.4 Å². The third kappa shape index (κ3) is 5.25. The van der Waals surface area contributed by atoms with Crippen LogP contribution >= 0.6 is 0 Å². The van der Waals surface area contributed by atoms with Crippen LogP contribution in [0.3, 0.4) is 0 Å². The van der Waals surface area contributed by atoms with E-state index in [2.05, 4.69) is 84.9 Å². The molecule has 0 aliphatic carbocycles. The van der Waals surface area contributed by atoms with E-state index in [0.29, 0.717) is 5.41 Å². The molecule has 1 aliphatic rings. The minimum Gasteiger partial charge on any atom is -0.399 e. The molecular weight excluding hydrogens is 391 g/mol. The first-order valence-corrected chi connectivity index (χ1v) is 13.1. The van der Waals surface area contributed by atoms with Gasteiger partial charge in [-0.15, -0.1) is 0 Å². The van der Waals surface area contributed by atoms with Crippen molar-refractivity contribution in [1.29, 1.82) is 0 Å². The highest BCUT2D eigenvalue weighted by Gasteiger charge is 2.51. The van der Waals surface area contributed by atoms with Gasteiger partial charge in [-0.1, -0.05) is 95.7 Å². The fourth-order valence-corrected chi connectivity index (χ4v) is 5.12. The van der Waals surface area contributed by atoms with E-state index < -0.39 is 0 Å². The summed E-state index contributed by atoms with van der Waals surface area (Å²) in [4.78, 5) is 0. The van der Waals surface area contributed by atoms with E-state index in [9.17, 15) is 0 Å². The zero-order valence-corrected chi connectivity index (χ0v) is 21.7. The Kier molecular flexibility index (Phi) is 8.15. The smallest absolute Gasteiger partial charge is 0.399 e. The van der Waals surface area contributed by atoms with Gasteiger partial charge in [0.2, 0.25) is 0 Å². The minimum absolute atomic E-state index is 0.295. The van der Waals surface area contributed by atoms with Crippen LogP contribution in [-0.4, -0.2) is 18.3 Å². The Hall–Kier alpha value is -1.32. The Morgan fingerprint density at radius 2 is 1.28 bits per heavy atom. The molecule has 1 heterocycles. The van der Waals surface area contributed by atoms with Crippen molar-refractivity contribution in [1.82, 2.24) is 0 Å².